The van der Waals surface area contributed by atoms with Gasteiger partial charge in [-0.15, -0.1) is 0 Å². The van der Waals surface area contributed by atoms with Gasteiger partial charge in [-0.3, -0.25) is 0 Å². The van der Waals surface area contributed by atoms with E-state index in [2.05, 4.69) is 42.4 Å². The third-order valence-electron chi connectivity index (χ3n) is 0. The maximum Gasteiger partial charge on any atom is 0.206 e. The predicted molar refractivity (Wildman–Crippen MR) is 47.1 cm³/mol. The average Bonchev–Trinajstić information content (AvgIpc) is 1.36. The van der Waals surface area contributed by atoms with Crippen LogP contribution in [0, 0.1) is 0 Å². The average molecular weight is 349 g/mol. The minimum absolute atomic E-state index is 0.938. The van der Waals surface area contributed by atoms with Gasteiger partial charge in [-0.05, 0) is 0 Å². The van der Waals surface area contributed by atoms with Gasteiger partial charge in [0.15, 0.2) is 0 Å². The molecule has 2 N–H and O–H groups in total. The van der Waals surface area contributed by atoms with Crippen molar-refractivity contribution in [3.63, 3.8) is 0 Å². The predicted octanol–water partition coefficient (Wildman–Crippen LogP) is 0.676. The zero-order chi connectivity index (χ0) is 6.50. The van der Waals surface area contributed by atoms with Crippen LogP contribution in [0.2, 0.25) is 0 Å². The number of primary sulfonamides is 1. The Labute approximate surface area is 66.4 Å². The first-order chi connectivity index (χ1) is 3.00. The molecule has 0 unspecified atom stereocenters. The van der Waals surface area contributed by atoms with E-state index in [1.165, 1.54) is 0 Å². The quantitative estimate of drug-likeness (QED) is 0.654. The molecule has 0 aromatic rings. The summed E-state index contributed by atoms with van der Waals surface area (Å²) in [6.45, 7) is 0. The molecule has 6 heteroatoms. The molecule has 46 valence electrons. The highest BCUT2D eigenvalue weighted by Crippen LogP contribution is 1.89. The molecule has 0 bridgehead atoms. The Balaban J connectivity index is 0. The first-order valence-corrected chi connectivity index (χ1v) is 9.36. The van der Waals surface area contributed by atoms with Gasteiger partial charge in [-0.2, -0.15) is 0 Å². The Morgan fingerprint density at radius 1 is 1.43 bits per heavy atom. The van der Waals surface area contributed by atoms with Crippen molar-refractivity contribution in [3.8, 4) is 0 Å². The lowest BCUT2D eigenvalue weighted by molar-refractivity contribution is 0.603. The molecule has 0 heterocycles. The van der Waals surface area contributed by atoms with Gasteiger partial charge in [0.25, 0.3) is 0 Å². The van der Waals surface area contributed by atoms with E-state index in [1.807, 2.05) is 0 Å². The van der Waals surface area contributed by atoms with Crippen LogP contribution in [-0.4, -0.2) is 14.7 Å². The minimum Gasteiger partial charge on any atom is -0.229 e. The SMILES string of the molecule is CS(N)(=O)=O.II. The van der Waals surface area contributed by atoms with Crippen LogP contribution in [0.25, 0.3) is 0 Å². The highest BCUT2D eigenvalue weighted by molar-refractivity contribution is 15.0. The van der Waals surface area contributed by atoms with Crippen LogP contribution in [-0.2, 0) is 10.0 Å². The summed E-state index contributed by atoms with van der Waals surface area (Å²) in [5.74, 6) is 0. The van der Waals surface area contributed by atoms with Crippen molar-refractivity contribution in [2.24, 2.45) is 5.14 Å². The molecule has 0 spiro atoms. The van der Waals surface area contributed by atoms with Gasteiger partial charge >= 0.3 is 0 Å². The van der Waals surface area contributed by atoms with Crippen molar-refractivity contribution in [1.82, 2.24) is 0 Å². The largest absolute Gasteiger partial charge is 0.229 e. The molecule has 0 fully saturated rings. The van der Waals surface area contributed by atoms with Crippen molar-refractivity contribution >= 4 is 47.3 Å². The van der Waals surface area contributed by atoms with Crippen LogP contribution in [0.4, 0.5) is 0 Å². The molecule has 0 radical (unpaired) electrons. The number of hydrogen-bond acceptors (Lipinski definition) is 2. The fourth-order valence-electron chi connectivity index (χ4n) is 0. The van der Waals surface area contributed by atoms with Gasteiger partial charge in [-0.25, -0.2) is 13.6 Å². The van der Waals surface area contributed by atoms with Crippen molar-refractivity contribution in [2.45, 2.75) is 0 Å². The number of sulfonamides is 1. The molecule has 0 aliphatic carbocycles. The van der Waals surface area contributed by atoms with Gasteiger partial charge < -0.3 is 0 Å². The van der Waals surface area contributed by atoms with Gasteiger partial charge in [0.1, 0.15) is 0 Å². The first kappa shape index (κ1) is 11.2. The third-order valence-corrected chi connectivity index (χ3v) is 0. The van der Waals surface area contributed by atoms with Crippen molar-refractivity contribution < 1.29 is 8.42 Å². The van der Waals surface area contributed by atoms with E-state index < -0.39 is 10.0 Å². The van der Waals surface area contributed by atoms with Crippen LogP contribution >= 0.6 is 37.2 Å². The summed E-state index contributed by atoms with van der Waals surface area (Å²) in [5, 5.41) is 4.33. The summed E-state index contributed by atoms with van der Waals surface area (Å²) < 4.78 is 18.8. The van der Waals surface area contributed by atoms with E-state index in [-0.39, 0.29) is 0 Å². The molecule has 0 saturated heterocycles. The number of hydrogen-bond donors (Lipinski definition) is 1. The summed E-state index contributed by atoms with van der Waals surface area (Å²) in [6.07, 6.45) is 0.938. The molecular formula is CH5I2NO2S. The zero-order valence-corrected chi connectivity index (χ0v) is 8.69. The van der Waals surface area contributed by atoms with Gasteiger partial charge in [0, 0.05) is 37.2 Å². The van der Waals surface area contributed by atoms with Crippen LogP contribution in [0.15, 0.2) is 0 Å². The van der Waals surface area contributed by atoms with Gasteiger partial charge in [0.05, 0.1) is 6.26 Å². The Kier molecular flexibility index (Phi) is 8.81. The molecule has 3 nitrogen and oxygen atoms in total. The lowest BCUT2D eigenvalue weighted by Gasteiger charge is -1.71. The second-order valence-corrected chi connectivity index (χ2v) is 2.49. The summed E-state index contributed by atoms with van der Waals surface area (Å²) >= 11 is 4.24. The topological polar surface area (TPSA) is 60.2 Å². The number of halogens is 2. The summed E-state index contributed by atoms with van der Waals surface area (Å²) in [5.41, 5.74) is 0. The molecule has 7 heavy (non-hydrogen) atoms. The molecular weight excluding hydrogens is 344 g/mol. The van der Waals surface area contributed by atoms with E-state index in [9.17, 15) is 8.42 Å². The fourth-order valence-corrected chi connectivity index (χ4v) is 0. The lowest BCUT2D eigenvalue weighted by Crippen LogP contribution is -2.07. The first-order valence-electron chi connectivity index (χ1n) is 1.12. The standard InChI is InChI=1S/CH5NO2S.I2/c1-5(2,3)4;1-2/h1H3,(H2,2,3,4);. The van der Waals surface area contributed by atoms with Crippen LogP contribution in [0.3, 0.4) is 0 Å². The lowest BCUT2D eigenvalue weighted by atomic mass is 12.0. The van der Waals surface area contributed by atoms with Crippen molar-refractivity contribution in [1.29, 1.82) is 0 Å². The fraction of sp³-hybridized carbons (Fsp3) is 1.00. The molecule has 0 rings (SSSR count). The van der Waals surface area contributed by atoms with E-state index in [0.29, 0.717) is 0 Å². The Bertz CT molecular complexity index is 98.9. The molecule has 0 aliphatic heterocycles. The monoisotopic (exact) mass is 349 g/mol. The van der Waals surface area contributed by atoms with Gasteiger partial charge in [0.2, 0.25) is 10.0 Å². The zero-order valence-electron chi connectivity index (χ0n) is 3.56. The number of nitrogens with two attached hydrogens (primary N) is 1. The maximum atomic E-state index is 9.41. The molecule has 0 amide bonds. The van der Waals surface area contributed by atoms with E-state index in [0.717, 1.165) is 6.26 Å². The Hall–Kier alpha value is 1.37. The second-order valence-electron chi connectivity index (χ2n) is 0.830. The van der Waals surface area contributed by atoms with Crippen LogP contribution in [0.5, 0.6) is 0 Å². The van der Waals surface area contributed by atoms with E-state index >= 15 is 0 Å². The molecule has 0 atom stereocenters. The van der Waals surface area contributed by atoms with Crippen molar-refractivity contribution in [3.05, 3.63) is 0 Å². The molecule has 0 saturated carbocycles. The second kappa shape index (κ2) is 5.51. The maximum absolute atomic E-state index is 9.41. The molecule has 0 aliphatic rings. The summed E-state index contributed by atoms with van der Waals surface area (Å²) in [4.78, 5) is 0. The van der Waals surface area contributed by atoms with Crippen LogP contribution in [0.1, 0.15) is 0 Å². The van der Waals surface area contributed by atoms with Crippen molar-refractivity contribution in [2.75, 3.05) is 6.26 Å². The van der Waals surface area contributed by atoms with E-state index in [1.54, 1.807) is 0 Å². The highest BCUT2D eigenvalue weighted by Gasteiger charge is 1.78. The van der Waals surface area contributed by atoms with E-state index in [4.69, 9.17) is 0 Å². The normalized spacial score (nSPS) is 9.14. The third kappa shape index (κ3) is 113. The summed E-state index contributed by atoms with van der Waals surface area (Å²) in [6, 6.07) is 0. The Morgan fingerprint density at radius 3 is 1.43 bits per heavy atom. The highest BCUT2D eigenvalue weighted by atomic mass is 128. The smallest absolute Gasteiger partial charge is 0.206 e. The minimum atomic E-state index is -3.17. The molecule has 0 aromatic heterocycles. The number of rotatable bonds is 0. The Morgan fingerprint density at radius 2 is 1.43 bits per heavy atom. The van der Waals surface area contributed by atoms with Crippen LogP contribution < -0.4 is 5.14 Å². The molecule has 0 aromatic carbocycles. The summed E-state index contributed by atoms with van der Waals surface area (Å²) in [7, 11) is -3.17. The van der Waals surface area contributed by atoms with Gasteiger partial charge in [-0.1, -0.05) is 0 Å².